The first kappa shape index (κ1) is 21.7. The van der Waals surface area contributed by atoms with Crippen LogP contribution in [0.15, 0.2) is 78.9 Å². The molecular formula is C26H29N3O3. The number of anilines is 1. The molecule has 1 heterocycles. The van der Waals surface area contributed by atoms with Gasteiger partial charge in [0.25, 0.3) is 0 Å². The molecule has 3 aromatic rings. The molecule has 32 heavy (non-hydrogen) atoms. The predicted octanol–water partition coefficient (Wildman–Crippen LogP) is 4.64. The number of ether oxygens (including phenoxy) is 2. The van der Waals surface area contributed by atoms with Gasteiger partial charge in [0.15, 0.2) is 0 Å². The summed E-state index contributed by atoms with van der Waals surface area (Å²) in [4.78, 5) is 17.2. The van der Waals surface area contributed by atoms with Gasteiger partial charge in [-0.25, -0.2) is 4.79 Å². The van der Waals surface area contributed by atoms with Crippen LogP contribution in [-0.2, 0) is 0 Å². The van der Waals surface area contributed by atoms with Crippen LogP contribution >= 0.6 is 0 Å². The van der Waals surface area contributed by atoms with E-state index in [1.54, 1.807) is 32.4 Å². The normalized spacial score (nSPS) is 14.3. The molecule has 0 spiro atoms. The Hall–Kier alpha value is -3.51. The fraction of sp³-hybridized carbons (Fsp3) is 0.269. The summed E-state index contributed by atoms with van der Waals surface area (Å²) >= 11 is 0. The summed E-state index contributed by atoms with van der Waals surface area (Å²) in [6.45, 7) is 2.89. The number of amides is 2. The highest BCUT2D eigenvalue weighted by Gasteiger charge is 2.28. The Morgan fingerprint density at radius 1 is 0.812 bits per heavy atom. The van der Waals surface area contributed by atoms with Crippen LogP contribution in [-0.4, -0.2) is 56.2 Å². The lowest BCUT2D eigenvalue weighted by Gasteiger charge is -2.39. The largest absolute Gasteiger partial charge is 0.497 e. The van der Waals surface area contributed by atoms with E-state index in [2.05, 4.69) is 58.7 Å². The van der Waals surface area contributed by atoms with Crippen molar-refractivity contribution in [3.05, 3.63) is 90.0 Å². The van der Waals surface area contributed by atoms with E-state index in [0.717, 1.165) is 13.1 Å². The van der Waals surface area contributed by atoms with E-state index in [0.29, 0.717) is 30.3 Å². The molecule has 0 radical (unpaired) electrons. The number of benzene rings is 3. The van der Waals surface area contributed by atoms with Crippen LogP contribution in [0.5, 0.6) is 11.5 Å². The SMILES string of the molecule is COc1ccc(NC(=O)N2CCN(C(c3ccccc3)c3ccccc3)CC2)c(OC)c1. The summed E-state index contributed by atoms with van der Waals surface area (Å²) in [5.74, 6) is 1.26. The Balaban J connectivity index is 1.44. The predicted molar refractivity (Wildman–Crippen MR) is 126 cm³/mol. The molecule has 1 fully saturated rings. The molecule has 0 aliphatic carbocycles. The van der Waals surface area contributed by atoms with Gasteiger partial charge in [-0.2, -0.15) is 0 Å². The molecule has 0 atom stereocenters. The summed E-state index contributed by atoms with van der Waals surface area (Å²) in [7, 11) is 3.18. The number of nitrogens with zero attached hydrogens (tertiary/aromatic N) is 2. The molecule has 4 rings (SSSR count). The average Bonchev–Trinajstić information content (AvgIpc) is 2.86. The van der Waals surface area contributed by atoms with Crippen LogP contribution in [0, 0.1) is 0 Å². The van der Waals surface area contributed by atoms with E-state index < -0.39 is 0 Å². The number of carbonyl (C=O) groups is 1. The number of methoxy groups -OCH3 is 2. The van der Waals surface area contributed by atoms with Crippen LogP contribution in [0.3, 0.4) is 0 Å². The van der Waals surface area contributed by atoms with Gasteiger partial charge in [-0.3, -0.25) is 4.90 Å². The lowest BCUT2D eigenvalue weighted by Crippen LogP contribution is -2.51. The van der Waals surface area contributed by atoms with E-state index >= 15 is 0 Å². The van der Waals surface area contributed by atoms with Gasteiger partial charge in [-0.05, 0) is 23.3 Å². The van der Waals surface area contributed by atoms with Gasteiger partial charge in [0.1, 0.15) is 11.5 Å². The fourth-order valence-corrected chi connectivity index (χ4v) is 4.16. The Bertz CT molecular complexity index is 980. The van der Waals surface area contributed by atoms with Crippen molar-refractivity contribution in [1.29, 1.82) is 0 Å². The van der Waals surface area contributed by atoms with Crippen LogP contribution in [0.2, 0.25) is 0 Å². The van der Waals surface area contributed by atoms with Gasteiger partial charge in [0, 0.05) is 32.2 Å². The lowest BCUT2D eigenvalue weighted by atomic mass is 9.96. The molecule has 6 nitrogen and oxygen atoms in total. The zero-order chi connectivity index (χ0) is 22.3. The van der Waals surface area contributed by atoms with Crippen molar-refractivity contribution in [2.75, 3.05) is 45.7 Å². The maximum absolute atomic E-state index is 12.9. The number of piperazine rings is 1. The summed E-state index contributed by atoms with van der Waals surface area (Å²) in [6.07, 6.45) is 0. The van der Waals surface area contributed by atoms with Gasteiger partial charge in [-0.1, -0.05) is 60.7 Å². The number of carbonyl (C=O) groups excluding carboxylic acids is 1. The third kappa shape index (κ3) is 4.86. The Kier molecular flexibility index (Phi) is 6.92. The van der Waals surface area contributed by atoms with Crippen molar-refractivity contribution < 1.29 is 14.3 Å². The number of hydrogen-bond acceptors (Lipinski definition) is 4. The molecule has 0 saturated carbocycles. The van der Waals surface area contributed by atoms with Gasteiger partial charge in [-0.15, -0.1) is 0 Å². The third-order valence-corrected chi connectivity index (χ3v) is 5.85. The van der Waals surface area contributed by atoms with Gasteiger partial charge < -0.3 is 19.7 Å². The van der Waals surface area contributed by atoms with Gasteiger partial charge in [0.05, 0.1) is 25.9 Å². The van der Waals surface area contributed by atoms with Crippen LogP contribution in [0.4, 0.5) is 10.5 Å². The van der Waals surface area contributed by atoms with Crippen molar-refractivity contribution >= 4 is 11.7 Å². The van der Waals surface area contributed by atoms with Gasteiger partial charge in [0.2, 0.25) is 0 Å². The zero-order valence-electron chi connectivity index (χ0n) is 18.5. The number of urea groups is 1. The molecule has 166 valence electrons. The standard InChI is InChI=1S/C26H29N3O3/c1-31-22-13-14-23(24(19-22)32-2)27-26(30)29-17-15-28(16-18-29)25(20-9-5-3-6-10-20)21-11-7-4-8-12-21/h3-14,19,25H,15-18H2,1-2H3,(H,27,30). The molecule has 1 aliphatic rings. The molecule has 0 unspecified atom stereocenters. The molecule has 1 aliphatic heterocycles. The second-order valence-corrected chi connectivity index (χ2v) is 7.74. The Labute approximate surface area is 189 Å². The van der Waals surface area contributed by atoms with E-state index in [4.69, 9.17) is 9.47 Å². The van der Waals surface area contributed by atoms with Crippen LogP contribution < -0.4 is 14.8 Å². The monoisotopic (exact) mass is 431 g/mol. The fourth-order valence-electron chi connectivity index (χ4n) is 4.16. The molecule has 1 saturated heterocycles. The molecule has 0 bridgehead atoms. The second kappa shape index (κ2) is 10.2. The molecule has 1 N–H and O–H groups in total. The Morgan fingerprint density at radius 2 is 1.41 bits per heavy atom. The first-order valence-electron chi connectivity index (χ1n) is 10.8. The maximum Gasteiger partial charge on any atom is 0.322 e. The lowest BCUT2D eigenvalue weighted by molar-refractivity contribution is 0.126. The molecule has 0 aromatic heterocycles. The second-order valence-electron chi connectivity index (χ2n) is 7.74. The molecule has 3 aromatic carbocycles. The number of rotatable bonds is 6. The minimum absolute atomic E-state index is 0.121. The highest BCUT2D eigenvalue weighted by atomic mass is 16.5. The van der Waals surface area contributed by atoms with Crippen molar-refractivity contribution in [3.8, 4) is 11.5 Å². The highest BCUT2D eigenvalue weighted by Crippen LogP contribution is 2.31. The first-order chi connectivity index (χ1) is 15.7. The van der Waals surface area contributed by atoms with Crippen molar-refractivity contribution in [2.24, 2.45) is 0 Å². The third-order valence-electron chi connectivity index (χ3n) is 5.85. The zero-order valence-corrected chi connectivity index (χ0v) is 18.5. The first-order valence-corrected chi connectivity index (χ1v) is 10.8. The van der Waals surface area contributed by atoms with Crippen molar-refractivity contribution in [3.63, 3.8) is 0 Å². The number of nitrogens with one attached hydrogen (secondary N) is 1. The topological polar surface area (TPSA) is 54.0 Å². The van der Waals surface area contributed by atoms with E-state index in [-0.39, 0.29) is 12.1 Å². The van der Waals surface area contributed by atoms with Gasteiger partial charge >= 0.3 is 6.03 Å². The summed E-state index contributed by atoms with van der Waals surface area (Å²) in [6, 6.07) is 26.5. The molecular weight excluding hydrogens is 402 g/mol. The summed E-state index contributed by atoms with van der Waals surface area (Å²) < 4.78 is 10.6. The number of hydrogen-bond donors (Lipinski definition) is 1. The Morgan fingerprint density at radius 3 is 1.94 bits per heavy atom. The van der Waals surface area contributed by atoms with Crippen LogP contribution in [0.1, 0.15) is 17.2 Å². The summed E-state index contributed by atoms with van der Waals surface area (Å²) in [5.41, 5.74) is 3.16. The maximum atomic E-state index is 12.9. The van der Waals surface area contributed by atoms with Crippen molar-refractivity contribution in [2.45, 2.75) is 6.04 Å². The van der Waals surface area contributed by atoms with E-state index in [1.165, 1.54) is 11.1 Å². The van der Waals surface area contributed by atoms with Crippen LogP contribution in [0.25, 0.3) is 0 Å². The van der Waals surface area contributed by atoms with E-state index in [1.807, 2.05) is 17.0 Å². The van der Waals surface area contributed by atoms with E-state index in [9.17, 15) is 4.79 Å². The minimum Gasteiger partial charge on any atom is -0.497 e. The minimum atomic E-state index is -0.121. The average molecular weight is 432 g/mol. The highest BCUT2D eigenvalue weighted by molar-refractivity contribution is 5.91. The molecule has 2 amide bonds. The molecule has 6 heteroatoms. The smallest absolute Gasteiger partial charge is 0.322 e. The summed E-state index contributed by atoms with van der Waals surface area (Å²) in [5, 5.41) is 2.98. The quantitative estimate of drug-likeness (QED) is 0.618. The van der Waals surface area contributed by atoms with Crippen molar-refractivity contribution in [1.82, 2.24) is 9.80 Å².